The molecule has 0 heterocycles. The van der Waals surface area contributed by atoms with Crippen molar-refractivity contribution < 1.29 is 27.8 Å². The molecule has 37 heavy (non-hydrogen) atoms. The van der Waals surface area contributed by atoms with E-state index in [0.29, 0.717) is 35.2 Å². The number of nitrogens with zero attached hydrogens (tertiary/aromatic N) is 1. The van der Waals surface area contributed by atoms with Gasteiger partial charge in [-0.05, 0) is 55.0 Å². The van der Waals surface area contributed by atoms with Gasteiger partial charge < -0.3 is 19.9 Å². The first-order valence-electron chi connectivity index (χ1n) is 11.3. The van der Waals surface area contributed by atoms with Gasteiger partial charge in [0.05, 0.1) is 29.7 Å². The molecular weight excluding hydrogens is 492 g/mol. The van der Waals surface area contributed by atoms with E-state index >= 15 is 0 Å². The van der Waals surface area contributed by atoms with Gasteiger partial charge in [0, 0.05) is 6.07 Å². The lowest BCUT2D eigenvalue weighted by molar-refractivity contribution is 0.0601. The number of carbonyl (C=O) groups excluding carboxylic acids is 1. The summed E-state index contributed by atoms with van der Waals surface area (Å²) in [7, 11) is 1.24. The number of carbonyl (C=O) groups is 1. The fraction of sp³-hybridized carbons (Fsp3) is 0.107. The Morgan fingerprint density at radius 3 is 2.30 bits per heavy atom. The second-order valence-electron chi connectivity index (χ2n) is 8.11. The number of hydrogen-bond donors (Lipinski definition) is 2. The van der Waals surface area contributed by atoms with E-state index in [0.717, 1.165) is 15.4 Å². The van der Waals surface area contributed by atoms with Crippen LogP contribution in [0.2, 0.25) is 0 Å². The first-order valence-corrected chi connectivity index (χ1v) is 12.4. The van der Waals surface area contributed by atoms with Crippen molar-refractivity contribution in [2.75, 3.05) is 17.1 Å². The standard InChI is InChI=1S/C28H26N2O6S/c1-19-8-10-21(11-9-19)30(37(32)33)26-15-13-22(16-24(26)28(31)34-2)36-23-12-14-25(29)27(17-23)35-18-20-6-4-3-5-7-20/h3-17H,18,29H2,1-2H3,(H,32,33). The predicted molar refractivity (Wildman–Crippen MR) is 144 cm³/mol. The normalized spacial score (nSPS) is 11.4. The summed E-state index contributed by atoms with van der Waals surface area (Å²) in [6.07, 6.45) is 0. The number of esters is 1. The summed E-state index contributed by atoms with van der Waals surface area (Å²) >= 11 is -2.46. The number of hydrogen-bond acceptors (Lipinski definition) is 6. The monoisotopic (exact) mass is 518 g/mol. The van der Waals surface area contributed by atoms with Crippen molar-refractivity contribution in [3.63, 3.8) is 0 Å². The zero-order chi connectivity index (χ0) is 26.4. The fourth-order valence-electron chi connectivity index (χ4n) is 3.60. The van der Waals surface area contributed by atoms with E-state index in [2.05, 4.69) is 0 Å². The van der Waals surface area contributed by atoms with Gasteiger partial charge in [-0.15, -0.1) is 0 Å². The molecule has 1 unspecified atom stereocenters. The molecule has 190 valence electrons. The molecule has 4 aromatic rings. The quantitative estimate of drug-likeness (QED) is 0.159. The summed E-state index contributed by atoms with van der Waals surface area (Å²) in [6.45, 7) is 2.24. The second kappa shape index (κ2) is 11.6. The Balaban J connectivity index is 1.63. The fourth-order valence-corrected chi connectivity index (χ4v) is 4.23. The Hall–Kier alpha value is -4.34. The SMILES string of the molecule is COC(=O)c1cc(Oc2ccc(N)c(OCc3ccccc3)c2)ccc1N(c1ccc(C)cc1)S(=O)O. The molecule has 3 N–H and O–H groups in total. The third-order valence-electron chi connectivity index (χ3n) is 5.47. The van der Waals surface area contributed by atoms with Gasteiger partial charge in [-0.1, -0.05) is 48.0 Å². The van der Waals surface area contributed by atoms with Crippen molar-refractivity contribution in [1.82, 2.24) is 0 Å². The first kappa shape index (κ1) is 25.7. The number of ether oxygens (including phenoxy) is 3. The van der Waals surface area contributed by atoms with Crippen LogP contribution in [0.15, 0.2) is 91.0 Å². The summed E-state index contributed by atoms with van der Waals surface area (Å²) in [6, 6.07) is 26.3. The Morgan fingerprint density at radius 2 is 1.62 bits per heavy atom. The Labute approximate surface area is 217 Å². The van der Waals surface area contributed by atoms with Gasteiger partial charge in [-0.25, -0.2) is 13.3 Å². The van der Waals surface area contributed by atoms with E-state index in [1.165, 1.54) is 19.2 Å². The molecule has 0 spiro atoms. The number of nitrogen functional groups attached to an aromatic ring is 1. The molecule has 0 bridgehead atoms. The maximum Gasteiger partial charge on any atom is 0.340 e. The summed E-state index contributed by atoms with van der Waals surface area (Å²) in [5.41, 5.74) is 9.18. The average Bonchev–Trinajstić information content (AvgIpc) is 2.91. The number of aryl methyl sites for hydroxylation is 1. The molecule has 0 aromatic heterocycles. The molecule has 0 radical (unpaired) electrons. The van der Waals surface area contributed by atoms with E-state index in [1.807, 2.05) is 49.4 Å². The minimum absolute atomic E-state index is 0.0546. The summed E-state index contributed by atoms with van der Waals surface area (Å²) < 4.78 is 40.3. The van der Waals surface area contributed by atoms with E-state index in [4.69, 9.17) is 19.9 Å². The van der Waals surface area contributed by atoms with E-state index in [1.54, 1.807) is 36.4 Å². The maximum atomic E-state index is 12.6. The molecule has 0 fully saturated rings. The Bertz CT molecular complexity index is 1410. The molecule has 9 heteroatoms. The molecule has 0 amide bonds. The summed E-state index contributed by atoms with van der Waals surface area (Å²) in [5.74, 6) is 0.511. The van der Waals surface area contributed by atoms with Gasteiger partial charge in [0.1, 0.15) is 23.9 Å². The van der Waals surface area contributed by atoms with Crippen LogP contribution in [0.4, 0.5) is 17.1 Å². The lowest BCUT2D eigenvalue weighted by Gasteiger charge is -2.23. The van der Waals surface area contributed by atoms with Crippen molar-refractivity contribution in [2.24, 2.45) is 0 Å². The highest BCUT2D eigenvalue weighted by Crippen LogP contribution is 2.36. The maximum absolute atomic E-state index is 12.6. The van der Waals surface area contributed by atoms with Crippen LogP contribution in [0.25, 0.3) is 0 Å². The zero-order valence-electron chi connectivity index (χ0n) is 20.3. The van der Waals surface area contributed by atoms with Crippen molar-refractivity contribution in [2.45, 2.75) is 13.5 Å². The smallest absolute Gasteiger partial charge is 0.340 e. The van der Waals surface area contributed by atoms with Crippen molar-refractivity contribution in [1.29, 1.82) is 0 Å². The highest BCUT2D eigenvalue weighted by molar-refractivity contribution is 7.81. The zero-order valence-corrected chi connectivity index (χ0v) is 21.1. The third-order valence-corrected chi connectivity index (χ3v) is 6.19. The molecule has 0 aliphatic rings. The topological polar surface area (TPSA) is 111 Å². The highest BCUT2D eigenvalue weighted by Gasteiger charge is 2.23. The van der Waals surface area contributed by atoms with Crippen LogP contribution in [-0.4, -0.2) is 21.8 Å². The molecule has 0 aliphatic heterocycles. The molecule has 0 saturated heterocycles. The third kappa shape index (κ3) is 6.27. The Morgan fingerprint density at radius 1 is 0.946 bits per heavy atom. The minimum atomic E-state index is -2.46. The van der Waals surface area contributed by atoms with Gasteiger partial charge in [0.15, 0.2) is 0 Å². The predicted octanol–water partition coefficient (Wildman–Crippen LogP) is 6.01. The van der Waals surface area contributed by atoms with Gasteiger partial charge in [0.2, 0.25) is 0 Å². The summed E-state index contributed by atoms with van der Waals surface area (Å²) in [5, 5.41) is 0. The van der Waals surface area contributed by atoms with Gasteiger partial charge in [-0.3, -0.25) is 4.55 Å². The highest BCUT2D eigenvalue weighted by atomic mass is 32.2. The van der Waals surface area contributed by atoms with Crippen molar-refractivity contribution in [3.8, 4) is 17.2 Å². The summed E-state index contributed by atoms with van der Waals surface area (Å²) in [4.78, 5) is 12.6. The van der Waals surface area contributed by atoms with Crippen molar-refractivity contribution in [3.05, 3.63) is 108 Å². The first-order chi connectivity index (χ1) is 17.9. The van der Waals surface area contributed by atoms with Gasteiger partial charge in [0.25, 0.3) is 11.3 Å². The second-order valence-corrected chi connectivity index (χ2v) is 8.93. The number of rotatable bonds is 9. The van der Waals surface area contributed by atoms with Crippen LogP contribution in [-0.2, 0) is 22.6 Å². The lowest BCUT2D eigenvalue weighted by Crippen LogP contribution is -2.22. The van der Waals surface area contributed by atoms with Gasteiger partial charge >= 0.3 is 5.97 Å². The number of benzene rings is 4. The van der Waals surface area contributed by atoms with Crippen LogP contribution in [0.3, 0.4) is 0 Å². The molecule has 0 saturated carbocycles. The molecule has 8 nitrogen and oxygen atoms in total. The minimum Gasteiger partial charge on any atom is -0.487 e. The van der Waals surface area contributed by atoms with Crippen LogP contribution in [0.1, 0.15) is 21.5 Å². The van der Waals surface area contributed by atoms with E-state index < -0.39 is 17.2 Å². The number of nitrogens with two attached hydrogens (primary N) is 1. The molecule has 4 rings (SSSR count). The number of anilines is 3. The van der Waals surface area contributed by atoms with Crippen LogP contribution in [0.5, 0.6) is 17.2 Å². The van der Waals surface area contributed by atoms with Crippen molar-refractivity contribution >= 4 is 34.3 Å². The van der Waals surface area contributed by atoms with Gasteiger partial charge in [-0.2, -0.15) is 0 Å². The van der Waals surface area contributed by atoms with Crippen LogP contribution < -0.4 is 19.5 Å². The largest absolute Gasteiger partial charge is 0.487 e. The molecule has 1 atom stereocenters. The average molecular weight is 519 g/mol. The van der Waals surface area contributed by atoms with E-state index in [-0.39, 0.29) is 11.3 Å². The van der Waals surface area contributed by atoms with Crippen LogP contribution >= 0.6 is 0 Å². The lowest BCUT2D eigenvalue weighted by atomic mass is 10.1. The van der Waals surface area contributed by atoms with E-state index in [9.17, 15) is 13.6 Å². The molecular formula is C28H26N2O6S. The Kier molecular flexibility index (Phi) is 8.07. The molecule has 0 aliphatic carbocycles. The molecule has 4 aromatic carbocycles. The number of methoxy groups -OCH3 is 1. The van der Waals surface area contributed by atoms with Crippen LogP contribution in [0, 0.1) is 6.92 Å².